The zero-order valence-electron chi connectivity index (χ0n) is 14.0. The Labute approximate surface area is 136 Å². The molecule has 1 amide bonds. The Morgan fingerprint density at radius 2 is 1.65 bits per heavy atom. The highest BCUT2D eigenvalue weighted by atomic mass is 16.1. The Kier molecular flexibility index (Phi) is 4.84. The molecule has 0 spiro atoms. The molecule has 0 saturated carbocycles. The van der Waals surface area contributed by atoms with Crippen LogP contribution in [-0.2, 0) is 6.54 Å². The molecule has 0 heterocycles. The van der Waals surface area contributed by atoms with Crippen molar-refractivity contribution in [2.75, 3.05) is 5.32 Å². The van der Waals surface area contributed by atoms with E-state index in [4.69, 9.17) is 5.73 Å². The number of ketones is 1. The Hall–Kier alpha value is -2.62. The summed E-state index contributed by atoms with van der Waals surface area (Å²) in [4.78, 5) is 22.9. The van der Waals surface area contributed by atoms with Crippen LogP contribution in [0.1, 0.15) is 49.9 Å². The summed E-state index contributed by atoms with van der Waals surface area (Å²) in [6.07, 6.45) is 0. The first-order valence-electron chi connectivity index (χ1n) is 7.55. The molecule has 2 rings (SSSR count). The quantitative estimate of drug-likeness (QED) is 0.830. The zero-order chi connectivity index (χ0) is 17.1. The number of carbonyl (C=O) groups is 2. The molecule has 23 heavy (non-hydrogen) atoms. The molecule has 0 atom stereocenters. The maximum atomic E-state index is 11.9. The number of benzene rings is 2. The normalized spacial score (nSPS) is 10.4. The molecule has 0 saturated heterocycles. The van der Waals surface area contributed by atoms with Crippen LogP contribution in [0.15, 0.2) is 30.3 Å². The lowest BCUT2D eigenvalue weighted by atomic mass is 9.91. The molecular weight excluding hydrogens is 288 g/mol. The minimum Gasteiger partial charge on any atom is -0.381 e. The second-order valence-corrected chi connectivity index (χ2v) is 5.84. The van der Waals surface area contributed by atoms with Crippen LogP contribution in [0, 0.1) is 20.8 Å². The van der Waals surface area contributed by atoms with Crippen LogP contribution >= 0.6 is 0 Å². The van der Waals surface area contributed by atoms with Gasteiger partial charge in [-0.15, -0.1) is 0 Å². The molecule has 120 valence electrons. The lowest BCUT2D eigenvalue weighted by Crippen LogP contribution is -2.11. The monoisotopic (exact) mass is 310 g/mol. The van der Waals surface area contributed by atoms with Gasteiger partial charge >= 0.3 is 0 Å². The smallest absolute Gasteiger partial charge is 0.248 e. The highest BCUT2D eigenvalue weighted by Gasteiger charge is 2.14. The van der Waals surface area contributed by atoms with E-state index >= 15 is 0 Å². The maximum absolute atomic E-state index is 11.9. The molecule has 2 aromatic carbocycles. The van der Waals surface area contributed by atoms with Crippen LogP contribution in [0.2, 0.25) is 0 Å². The van der Waals surface area contributed by atoms with Gasteiger partial charge in [0, 0.05) is 23.4 Å². The van der Waals surface area contributed by atoms with Gasteiger partial charge in [-0.1, -0.05) is 6.07 Å². The van der Waals surface area contributed by atoms with E-state index in [0.29, 0.717) is 12.1 Å². The van der Waals surface area contributed by atoms with Gasteiger partial charge in [0.25, 0.3) is 0 Å². The standard InChI is InChI=1S/C19H22N2O2/c1-11-9-12(2)18(14(4)22)13(3)17(11)10-21-16-7-5-15(6-8-16)19(20)23/h5-9,21H,10H2,1-4H3,(H2,20,23). The topological polar surface area (TPSA) is 72.2 Å². The molecule has 3 N–H and O–H groups in total. The maximum Gasteiger partial charge on any atom is 0.248 e. The van der Waals surface area contributed by atoms with Gasteiger partial charge in [-0.3, -0.25) is 9.59 Å². The van der Waals surface area contributed by atoms with Crippen molar-refractivity contribution in [2.45, 2.75) is 34.2 Å². The number of hydrogen-bond acceptors (Lipinski definition) is 3. The van der Waals surface area contributed by atoms with Gasteiger partial charge in [-0.25, -0.2) is 0 Å². The van der Waals surface area contributed by atoms with Gasteiger partial charge in [0.2, 0.25) is 5.91 Å². The summed E-state index contributed by atoms with van der Waals surface area (Å²) < 4.78 is 0. The molecule has 0 aromatic heterocycles. The predicted octanol–water partition coefficient (Wildman–Crippen LogP) is 3.53. The van der Waals surface area contributed by atoms with Crippen molar-refractivity contribution in [1.82, 2.24) is 0 Å². The van der Waals surface area contributed by atoms with E-state index in [0.717, 1.165) is 33.5 Å². The lowest BCUT2D eigenvalue weighted by Gasteiger charge is -2.17. The van der Waals surface area contributed by atoms with Crippen molar-refractivity contribution in [3.8, 4) is 0 Å². The summed E-state index contributed by atoms with van der Waals surface area (Å²) in [7, 11) is 0. The molecule has 4 heteroatoms. The predicted molar refractivity (Wildman–Crippen MR) is 92.9 cm³/mol. The number of hydrogen-bond donors (Lipinski definition) is 2. The average molecular weight is 310 g/mol. The van der Waals surface area contributed by atoms with Gasteiger partial charge in [0.1, 0.15) is 0 Å². The van der Waals surface area contributed by atoms with Gasteiger partial charge in [-0.2, -0.15) is 0 Å². The first-order valence-corrected chi connectivity index (χ1v) is 7.55. The minimum atomic E-state index is -0.437. The number of Topliss-reactive ketones (excluding diaryl/α,β-unsaturated/α-hetero) is 1. The summed E-state index contributed by atoms with van der Waals surface area (Å²) in [5.74, 6) is -0.347. The molecule has 0 aliphatic rings. The van der Waals surface area contributed by atoms with Crippen LogP contribution in [0.3, 0.4) is 0 Å². The molecule has 0 radical (unpaired) electrons. The third-order valence-electron chi connectivity index (χ3n) is 4.12. The summed E-state index contributed by atoms with van der Waals surface area (Å²) in [6.45, 7) is 8.23. The molecule has 0 fully saturated rings. The van der Waals surface area contributed by atoms with E-state index in [2.05, 4.69) is 18.3 Å². The summed E-state index contributed by atoms with van der Waals surface area (Å²) >= 11 is 0. The number of nitrogens with one attached hydrogen (secondary N) is 1. The SMILES string of the molecule is CC(=O)c1c(C)cc(C)c(CNc2ccc(C(N)=O)cc2)c1C. The molecule has 2 aromatic rings. The van der Waals surface area contributed by atoms with Crippen LogP contribution in [0.4, 0.5) is 5.69 Å². The highest BCUT2D eigenvalue weighted by Crippen LogP contribution is 2.24. The van der Waals surface area contributed by atoms with Crippen LogP contribution in [0.5, 0.6) is 0 Å². The Morgan fingerprint density at radius 1 is 1.04 bits per heavy atom. The van der Waals surface area contributed by atoms with Crippen molar-refractivity contribution in [3.63, 3.8) is 0 Å². The van der Waals surface area contributed by atoms with E-state index in [1.165, 1.54) is 0 Å². The van der Waals surface area contributed by atoms with Crippen molar-refractivity contribution >= 4 is 17.4 Å². The number of rotatable bonds is 5. The zero-order valence-corrected chi connectivity index (χ0v) is 14.0. The second-order valence-electron chi connectivity index (χ2n) is 5.84. The molecule has 0 unspecified atom stereocenters. The van der Waals surface area contributed by atoms with Crippen molar-refractivity contribution in [1.29, 1.82) is 0 Å². The number of nitrogens with two attached hydrogens (primary N) is 1. The number of carbonyl (C=O) groups excluding carboxylic acids is 2. The molecule has 4 nitrogen and oxygen atoms in total. The van der Waals surface area contributed by atoms with Crippen LogP contribution in [0.25, 0.3) is 0 Å². The molecular formula is C19H22N2O2. The second kappa shape index (κ2) is 6.65. The summed E-state index contributed by atoms with van der Waals surface area (Å²) in [5.41, 5.74) is 11.7. The van der Waals surface area contributed by atoms with Gasteiger partial charge in [-0.05, 0) is 74.2 Å². The Morgan fingerprint density at radius 3 is 2.17 bits per heavy atom. The number of anilines is 1. The minimum absolute atomic E-state index is 0.0899. The first kappa shape index (κ1) is 16.7. The Balaban J connectivity index is 2.25. The van der Waals surface area contributed by atoms with Gasteiger partial charge in [0.15, 0.2) is 5.78 Å². The third-order valence-corrected chi connectivity index (χ3v) is 4.12. The molecule has 0 aliphatic heterocycles. The number of aryl methyl sites for hydroxylation is 2. The highest BCUT2D eigenvalue weighted by molar-refractivity contribution is 5.97. The fourth-order valence-electron chi connectivity index (χ4n) is 2.98. The third kappa shape index (κ3) is 3.59. The lowest BCUT2D eigenvalue weighted by molar-refractivity contribution is 0.0996. The summed E-state index contributed by atoms with van der Waals surface area (Å²) in [5, 5.41) is 3.33. The fraction of sp³-hybridized carbons (Fsp3) is 0.263. The van der Waals surface area contributed by atoms with E-state index in [1.54, 1.807) is 19.1 Å². The van der Waals surface area contributed by atoms with Crippen LogP contribution < -0.4 is 11.1 Å². The summed E-state index contributed by atoms with van der Waals surface area (Å²) in [6, 6.07) is 9.09. The largest absolute Gasteiger partial charge is 0.381 e. The number of amides is 1. The fourth-order valence-corrected chi connectivity index (χ4v) is 2.98. The first-order chi connectivity index (χ1) is 10.8. The van der Waals surface area contributed by atoms with Gasteiger partial charge < -0.3 is 11.1 Å². The van der Waals surface area contributed by atoms with Gasteiger partial charge in [0.05, 0.1) is 0 Å². The van der Waals surface area contributed by atoms with Crippen molar-refractivity contribution < 1.29 is 9.59 Å². The van der Waals surface area contributed by atoms with Crippen molar-refractivity contribution in [2.24, 2.45) is 5.73 Å². The van der Waals surface area contributed by atoms with E-state index in [-0.39, 0.29) is 5.78 Å². The average Bonchev–Trinajstić information content (AvgIpc) is 2.46. The van der Waals surface area contributed by atoms with E-state index in [9.17, 15) is 9.59 Å². The number of primary amides is 1. The molecule has 0 bridgehead atoms. The van der Waals surface area contributed by atoms with E-state index in [1.807, 2.05) is 26.0 Å². The van der Waals surface area contributed by atoms with Crippen LogP contribution in [-0.4, -0.2) is 11.7 Å². The Bertz CT molecular complexity index is 762. The van der Waals surface area contributed by atoms with E-state index < -0.39 is 5.91 Å². The molecule has 0 aliphatic carbocycles. The van der Waals surface area contributed by atoms with Crippen molar-refractivity contribution in [3.05, 3.63) is 63.7 Å².